The zero-order chi connectivity index (χ0) is 16.4. The van der Waals surface area contributed by atoms with Crippen LogP contribution in [0.1, 0.15) is 11.1 Å². The van der Waals surface area contributed by atoms with Gasteiger partial charge in [0.15, 0.2) is 0 Å². The van der Waals surface area contributed by atoms with Crippen LogP contribution in [0, 0.1) is 11.8 Å². The smallest absolute Gasteiger partial charge is 0.407 e. The van der Waals surface area contributed by atoms with E-state index in [2.05, 4.69) is 34.9 Å². The quantitative estimate of drug-likeness (QED) is 0.890. The molecule has 1 amide bonds. The molecule has 1 saturated heterocycles. The third-order valence-corrected chi connectivity index (χ3v) is 5.48. The highest BCUT2D eigenvalue weighted by Crippen LogP contribution is 2.61. The van der Waals surface area contributed by atoms with Gasteiger partial charge < -0.3 is 15.4 Å². The number of carbonyl (C=O) groups is 1. The minimum atomic E-state index is -0.341. The Morgan fingerprint density at radius 1 is 1.04 bits per heavy atom. The van der Waals surface area contributed by atoms with E-state index in [0.717, 1.165) is 18.7 Å². The number of amides is 1. The summed E-state index contributed by atoms with van der Waals surface area (Å²) in [6, 6.07) is 20.3. The lowest BCUT2D eigenvalue weighted by atomic mass is 9.90. The molecule has 1 aliphatic carbocycles. The molecule has 0 radical (unpaired) electrons. The largest absolute Gasteiger partial charge is 0.445 e. The lowest BCUT2D eigenvalue weighted by Crippen LogP contribution is -2.38. The zero-order valence-corrected chi connectivity index (χ0v) is 13.6. The second-order valence-electron chi connectivity index (χ2n) is 6.69. The molecule has 2 N–H and O–H groups in total. The molecule has 124 valence electrons. The molecule has 2 aromatic rings. The van der Waals surface area contributed by atoms with Crippen LogP contribution >= 0.6 is 0 Å². The molecule has 1 aliphatic heterocycles. The van der Waals surface area contributed by atoms with Crippen LogP contribution in [0.25, 0.3) is 0 Å². The number of nitrogens with one attached hydrogen (secondary N) is 2. The van der Waals surface area contributed by atoms with Crippen LogP contribution < -0.4 is 10.6 Å². The van der Waals surface area contributed by atoms with Gasteiger partial charge in [-0.15, -0.1) is 0 Å². The fraction of sp³-hybridized carbons (Fsp3) is 0.350. The molecule has 2 aromatic carbocycles. The lowest BCUT2D eigenvalue weighted by Gasteiger charge is -2.22. The number of piperidine rings is 1. The van der Waals surface area contributed by atoms with Crippen LogP contribution in [0.2, 0.25) is 0 Å². The third kappa shape index (κ3) is 2.67. The van der Waals surface area contributed by atoms with E-state index < -0.39 is 0 Å². The van der Waals surface area contributed by atoms with Crippen LogP contribution in [-0.2, 0) is 16.8 Å². The standard InChI is InChI=1S/C20H22N2O2/c23-19(24-13-15-7-3-1-4-8-15)22-14-20(16-9-5-2-6-10-16)17-11-21-12-18(17)20/h1-10,17-18,21H,11-14H2,(H,22,23). The maximum atomic E-state index is 12.1. The molecule has 4 nitrogen and oxygen atoms in total. The van der Waals surface area contributed by atoms with Gasteiger partial charge in [-0.25, -0.2) is 4.79 Å². The molecule has 2 fully saturated rings. The Balaban J connectivity index is 1.37. The maximum absolute atomic E-state index is 12.1. The van der Waals surface area contributed by atoms with Gasteiger partial charge in [-0.3, -0.25) is 0 Å². The number of hydrogen-bond acceptors (Lipinski definition) is 3. The van der Waals surface area contributed by atoms with Crippen molar-refractivity contribution in [2.45, 2.75) is 12.0 Å². The number of fused-ring (bicyclic) bond motifs is 1. The Morgan fingerprint density at radius 3 is 2.33 bits per heavy atom. The van der Waals surface area contributed by atoms with Gasteiger partial charge in [0.05, 0.1) is 0 Å². The molecular formula is C20H22N2O2. The second kappa shape index (κ2) is 6.29. The normalized spacial score (nSPS) is 27.3. The number of rotatable bonds is 5. The first-order chi connectivity index (χ1) is 11.8. The Bertz CT molecular complexity index is 692. The second-order valence-corrected chi connectivity index (χ2v) is 6.69. The molecule has 1 saturated carbocycles. The minimum Gasteiger partial charge on any atom is -0.445 e. The van der Waals surface area contributed by atoms with Crippen molar-refractivity contribution < 1.29 is 9.53 Å². The molecule has 24 heavy (non-hydrogen) atoms. The molecule has 2 atom stereocenters. The van der Waals surface area contributed by atoms with Gasteiger partial charge >= 0.3 is 6.09 Å². The van der Waals surface area contributed by atoms with Gasteiger partial charge in [0.2, 0.25) is 0 Å². The van der Waals surface area contributed by atoms with E-state index in [1.54, 1.807) is 0 Å². The van der Waals surface area contributed by atoms with Crippen molar-refractivity contribution in [2.24, 2.45) is 11.8 Å². The molecule has 0 bridgehead atoms. The Hall–Kier alpha value is -2.33. The average molecular weight is 322 g/mol. The summed E-state index contributed by atoms with van der Waals surface area (Å²) in [6.07, 6.45) is -0.341. The van der Waals surface area contributed by atoms with E-state index >= 15 is 0 Å². The van der Waals surface area contributed by atoms with Crippen molar-refractivity contribution in [1.82, 2.24) is 10.6 Å². The molecule has 1 heterocycles. The Kier molecular flexibility index (Phi) is 3.98. The van der Waals surface area contributed by atoms with Crippen molar-refractivity contribution >= 4 is 6.09 Å². The van der Waals surface area contributed by atoms with Crippen molar-refractivity contribution in [3.8, 4) is 0 Å². The minimum absolute atomic E-state index is 0.0677. The summed E-state index contributed by atoms with van der Waals surface area (Å²) in [7, 11) is 0. The van der Waals surface area contributed by atoms with E-state index in [1.165, 1.54) is 5.56 Å². The highest BCUT2D eigenvalue weighted by atomic mass is 16.5. The number of alkyl carbamates (subject to hydrolysis) is 1. The summed E-state index contributed by atoms with van der Waals surface area (Å²) in [5, 5.41) is 6.43. The Morgan fingerprint density at radius 2 is 1.67 bits per heavy atom. The summed E-state index contributed by atoms with van der Waals surface area (Å²) in [5.74, 6) is 1.21. The number of benzene rings is 2. The first kappa shape index (κ1) is 15.2. The Labute approximate surface area is 142 Å². The highest BCUT2D eigenvalue weighted by Gasteiger charge is 2.66. The van der Waals surface area contributed by atoms with Crippen LogP contribution in [-0.4, -0.2) is 25.7 Å². The molecule has 2 aliphatic rings. The van der Waals surface area contributed by atoms with Crippen molar-refractivity contribution in [3.05, 3.63) is 71.8 Å². The fourth-order valence-electron chi connectivity index (χ4n) is 4.18. The summed E-state index contributed by atoms with van der Waals surface area (Å²) < 4.78 is 5.34. The number of ether oxygens (including phenoxy) is 1. The van der Waals surface area contributed by atoms with E-state index in [4.69, 9.17) is 4.74 Å². The lowest BCUT2D eigenvalue weighted by molar-refractivity contribution is 0.138. The first-order valence-electron chi connectivity index (χ1n) is 8.51. The molecule has 0 aromatic heterocycles. The van der Waals surface area contributed by atoms with Gasteiger partial charge in [-0.05, 0) is 36.1 Å². The predicted octanol–water partition coefficient (Wildman–Crippen LogP) is 2.70. The van der Waals surface area contributed by atoms with Crippen LogP contribution in [0.15, 0.2) is 60.7 Å². The van der Waals surface area contributed by atoms with Gasteiger partial charge in [-0.2, -0.15) is 0 Å². The van der Waals surface area contributed by atoms with Crippen LogP contribution in [0.3, 0.4) is 0 Å². The predicted molar refractivity (Wildman–Crippen MR) is 92.6 cm³/mol. The van der Waals surface area contributed by atoms with E-state index in [-0.39, 0.29) is 11.5 Å². The van der Waals surface area contributed by atoms with E-state index in [1.807, 2.05) is 36.4 Å². The molecular weight excluding hydrogens is 300 g/mol. The fourth-order valence-corrected chi connectivity index (χ4v) is 4.18. The molecule has 4 heteroatoms. The average Bonchev–Trinajstić information content (AvgIpc) is 2.99. The monoisotopic (exact) mass is 322 g/mol. The van der Waals surface area contributed by atoms with Crippen molar-refractivity contribution in [1.29, 1.82) is 0 Å². The van der Waals surface area contributed by atoms with E-state index in [9.17, 15) is 4.79 Å². The summed E-state index contributed by atoms with van der Waals surface area (Å²) >= 11 is 0. The summed E-state index contributed by atoms with van der Waals surface area (Å²) in [6.45, 7) is 3.00. The van der Waals surface area contributed by atoms with Crippen molar-refractivity contribution in [3.63, 3.8) is 0 Å². The van der Waals surface area contributed by atoms with Gasteiger partial charge in [-0.1, -0.05) is 60.7 Å². The molecule has 4 rings (SSSR count). The first-order valence-corrected chi connectivity index (χ1v) is 8.51. The summed E-state index contributed by atoms with van der Waals surface area (Å²) in [5.41, 5.74) is 2.39. The van der Waals surface area contributed by atoms with Crippen molar-refractivity contribution in [2.75, 3.05) is 19.6 Å². The number of hydrogen-bond donors (Lipinski definition) is 2. The van der Waals surface area contributed by atoms with Gasteiger partial charge in [0.1, 0.15) is 6.61 Å². The van der Waals surface area contributed by atoms with Gasteiger partial charge in [0, 0.05) is 12.0 Å². The van der Waals surface area contributed by atoms with Crippen LogP contribution in [0.5, 0.6) is 0 Å². The third-order valence-electron chi connectivity index (χ3n) is 5.48. The number of carbonyl (C=O) groups excluding carboxylic acids is 1. The van der Waals surface area contributed by atoms with Crippen LogP contribution in [0.4, 0.5) is 4.79 Å². The van der Waals surface area contributed by atoms with Gasteiger partial charge in [0.25, 0.3) is 0 Å². The topological polar surface area (TPSA) is 50.4 Å². The highest BCUT2D eigenvalue weighted by molar-refractivity contribution is 5.67. The SMILES string of the molecule is O=C(NCC1(c2ccccc2)C2CNCC21)OCc1ccccc1. The summed E-state index contributed by atoms with van der Waals surface area (Å²) in [4.78, 5) is 12.1. The molecule has 2 unspecified atom stereocenters. The maximum Gasteiger partial charge on any atom is 0.407 e. The van der Waals surface area contributed by atoms with E-state index in [0.29, 0.717) is 25.0 Å². The zero-order valence-electron chi connectivity index (χ0n) is 13.6. The molecule has 0 spiro atoms.